The summed E-state index contributed by atoms with van der Waals surface area (Å²) in [6.45, 7) is 14.9. The summed E-state index contributed by atoms with van der Waals surface area (Å²) < 4.78 is 12.0. The average molecular weight is 895 g/mol. The van der Waals surface area contributed by atoms with E-state index in [1.165, 1.54) is 43.2 Å². The summed E-state index contributed by atoms with van der Waals surface area (Å²) in [7, 11) is 1.75. The number of ether oxygens (including phenoxy) is 1. The van der Waals surface area contributed by atoms with Gasteiger partial charge in [-0.25, -0.2) is 9.78 Å². The van der Waals surface area contributed by atoms with Crippen LogP contribution in [0, 0.1) is 5.92 Å². The number of imide groups is 1. The minimum atomic E-state index is -0.670. The molecule has 3 saturated heterocycles. The van der Waals surface area contributed by atoms with Crippen LogP contribution in [-0.2, 0) is 27.9 Å². The molecule has 1 aromatic carbocycles. The number of carbonyl (C=O) groups excluding carboxylic acids is 2. The van der Waals surface area contributed by atoms with Crippen molar-refractivity contribution >= 4 is 39.8 Å². The second-order valence-corrected chi connectivity index (χ2v) is 20.3. The van der Waals surface area contributed by atoms with E-state index in [0.717, 1.165) is 151 Å². The van der Waals surface area contributed by atoms with Crippen LogP contribution in [0.2, 0.25) is 0 Å². The fourth-order valence-electron chi connectivity index (χ4n) is 11.8. The zero-order chi connectivity index (χ0) is 45.0. The van der Waals surface area contributed by atoms with Crippen molar-refractivity contribution in [3.8, 4) is 0 Å². The maximum atomic E-state index is 13.2. The van der Waals surface area contributed by atoms with E-state index >= 15 is 0 Å². The predicted molar refractivity (Wildman–Crippen MR) is 254 cm³/mol. The van der Waals surface area contributed by atoms with Crippen LogP contribution in [-0.4, -0.2) is 133 Å². The zero-order valence-corrected chi connectivity index (χ0v) is 39.3. The van der Waals surface area contributed by atoms with E-state index in [9.17, 15) is 19.5 Å². The third kappa shape index (κ3) is 10.7. The number of piperazine rings is 1. The van der Waals surface area contributed by atoms with E-state index in [0.29, 0.717) is 30.5 Å². The van der Waals surface area contributed by atoms with Gasteiger partial charge >= 0.3 is 5.69 Å². The van der Waals surface area contributed by atoms with Crippen molar-refractivity contribution in [2.75, 3.05) is 64.3 Å². The Labute approximate surface area is 384 Å². The van der Waals surface area contributed by atoms with Crippen molar-refractivity contribution in [1.29, 1.82) is 0 Å². The quantitative estimate of drug-likeness (QED) is 0.0883. The second kappa shape index (κ2) is 20.8. The van der Waals surface area contributed by atoms with E-state index in [-0.39, 0.29) is 24.1 Å². The molecule has 5 fully saturated rings. The van der Waals surface area contributed by atoms with E-state index in [1.54, 1.807) is 16.2 Å². The molecule has 65 heavy (non-hydrogen) atoms. The molecule has 15 nitrogen and oxygen atoms in total. The Kier molecular flexibility index (Phi) is 14.7. The summed E-state index contributed by atoms with van der Waals surface area (Å²) >= 11 is 0. The van der Waals surface area contributed by atoms with E-state index in [1.807, 2.05) is 6.07 Å². The van der Waals surface area contributed by atoms with Crippen LogP contribution in [0.4, 0.5) is 5.95 Å². The van der Waals surface area contributed by atoms with Gasteiger partial charge in [0.1, 0.15) is 11.7 Å². The number of piperidine rings is 2. The first-order valence-electron chi connectivity index (χ1n) is 25.2. The first-order chi connectivity index (χ1) is 31.6. The van der Waals surface area contributed by atoms with Crippen molar-refractivity contribution in [3.05, 3.63) is 52.2 Å². The van der Waals surface area contributed by atoms with Gasteiger partial charge in [-0.1, -0.05) is 19.4 Å². The smallest absolute Gasteiger partial charge is 0.329 e. The van der Waals surface area contributed by atoms with Crippen LogP contribution in [0.15, 0.2) is 35.4 Å². The number of aromatic nitrogens is 5. The van der Waals surface area contributed by atoms with Gasteiger partial charge in [0.05, 0.1) is 23.2 Å². The van der Waals surface area contributed by atoms with Gasteiger partial charge < -0.3 is 29.5 Å². The van der Waals surface area contributed by atoms with Crippen LogP contribution in [0.5, 0.6) is 0 Å². The highest BCUT2D eigenvalue weighted by molar-refractivity contribution is 6.00. The van der Waals surface area contributed by atoms with Crippen molar-refractivity contribution in [3.63, 3.8) is 0 Å². The SMILES string of the molecule is CCC[C@H](C)Nc1ncc2c(C3CCC(CN4CCN(CCCOC5CCN(Cc6ccc7c(c6)n(C)c(=O)n7C6CCC(=O)NC6=O)CC5)CC4)CC3)cn(C3CCC(O)CC3)c2n1. The number of anilines is 1. The first-order valence-corrected chi connectivity index (χ1v) is 25.2. The van der Waals surface area contributed by atoms with Gasteiger partial charge in [-0.05, 0) is 125 Å². The minimum absolute atomic E-state index is 0.171. The topological polar surface area (TPSA) is 155 Å². The summed E-state index contributed by atoms with van der Waals surface area (Å²) in [6.07, 6.45) is 19.3. The molecule has 1 unspecified atom stereocenters. The monoisotopic (exact) mass is 895 g/mol. The van der Waals surface area contributed by atoms with Gasteiger partial charge in [-0.15, -0.1) is 0 Å². The molecule has 2 amide bonds. The summed E-state index contributed by atoms with van der Waals surface area (Å²) in [5.41, 5.74) is 4.94. The zero-order valence-electron chi connectivity index (χ0n) is 39.3. The number of rotatable bonds is 16. The number of fused-ring (bicyclic) bond motifs is 2. The number of hydrogen-bond donors (Lipinski definition) is 3. The Morgan fingerprint density at radius 1 is 0.892 bits per heavy atom. The van der Waals surface area contributed by atoms with Crippen molar-refractivity contribution in [2.24, 2.45) is 13.0 Å². The Balaban J connectivity index is 0.676. The number of nitrogens with zero attached hydrogens (tertiary/aromatic N) is 8. The van der Waals surface area contributed by atoms with Crippen LogP contribution in [0.25, 0.3) is 22.1 Å². The van der Waals surface area contributed by atoms with Crippen LogP contribution < -0.4 is 16.3 Å². The number of likely N-dealkylation sites (tertiary alicyclic amines) is 1. The highest BCUT2D eigenvalue weighted by Crippen LogP contribution is 2.42. The van der Waals surface area contributed by atoms with Gasteiger partial charge in [0.2, 0.25) is 17.8 Å². The number of imidazole rings is 1. The van der Waals surface area contributed by atoms with Crippen molar-refractivity contribution in [1.82, 2.24) is 43.7 Å². The number of aliphatic hydroxyl groups is 1. The molecule has 9 rings (SSSR count). The Hall–Kier alpha value is -4.15. The van der Waals surface area contributed by atoms with E-state index < -0.39 is 11.9 Å². The van der Waals surface area contributed by atoms with Crippen molar-refractivity contribution < 1.29 is 19.4 Å². The molecule has 4 aromatic rings. The number of amides is 2. The molecule has 3 aliphatic heterocycles. The van der Waals surface area contributed by atoms with Gasteiger partial charge in [-0.3, -0.25) is 28.9 Å². The Bertz CT molecular complexity index is 2310. The van der Waals surface area contributed by atoms with Gasteiger partial charge in [0, 0.05) is 109 Å². The summed E-state index contributed by atoms with van der Waals surface area (Å²) in [6, 6.07) is 6.13. The molecule has 3 aromatic heterocycles. The molecule has 5 aliphatic rings. The van der Waals surface area contributed by atoms with E-state index in [2.05, 4.69) is 68.3 Å². The van der Waals surface area contributed by atoms with E-state index in [4.69, 9.17) is 14.7 Å². The predicted octanol–water partition coefficient (Wildman–Crippen LogP) is 6.10. The fraction of sp³-hybridized carbons (Fsp3) is 0.700. The molecule has 0 spiro atoms. The minimum Gasteiger partial charge on any atom is -0.393 e. The lowest BCUT2D eigenvalue weighted by molar-refractivity contribution is -0.135. The molecule has 354 valence electrons. The van der Waals surface area contributed by atoms with Crippen LogP contribution >= 0.6 is 0 Å². The average Bonchev–Trinajstić information content (AvgIpc) is 3.80. The lowest BCUT2D eigenvalue weighted by atomic mass is 9.78. The lowest BCUT2D eigenvalue weighted by Gasteiger charge is -2.38. The highest BCUT2D eigenvalue weighted by atomic mass is 16.5. The summed E-state index contributed by atoms with van der Waals surface area (Å²) in [5.74, 6) is 1.35. The lowest BCUT2D eigenvalue weighted by Crippen LogP contribution is -2.48. The molecule has 2 aliphatic carbocycles. The van der Waals surface area contributed by atoms with Crippen molar-refractivity contribution in [2.45, 2.75) is 153 Å². The molecule has 3 N–H and O–H groups in total. The number of hydrogen-bond acceptors (Lipinski definition) is 11. The first kappa shape index (κ1) is 46.0. The molecule has 0 radical (unpaired) electrons. The normalized spacial score (nSPS) is 26.2. The molecule has 2 saturated carbocycles. The van der Waals surface area contributed by atoms with Gasteiger partial charge in [0.15, 0.2) is 0 Å². The number of carbonyl (C=O) groups is 2. The maximum absolute atomic E-state index is 13.2. The number of aliphatic hydroxyl groups excluding tert-OH is 1. The number of nitrogens with one attached hydrogen (secondary N) is 2. The third-order valence-electron chi connectivity index (χ3n) is 15.6. The number of benzene rings is 1. The maximum Gasteiger partial charge on any atom is 0.329 e. The van der Waals surface area contributed by atoms with Crippen LogP contribution in [0.1, 0.15) is 139 Å². The largest absolute Gasteiger partial charge is 0.393 e. The molecule has 6 heterocycles. The number of aryl methyl sites for hydroxylation is 1. The Morgan fingerprint density at radius 2 is 1.65 bits per heavy atom. The molecular weight excluding hydrogens is 821 g/mol. The highest BCUT2D eigenvalue weighted by Gasteiger charge is 2.33. The fourth-order valence-corrected chi connectivity index (χ4v) is 11.8. The van der Waals surface area contributed by atoms with Gasteiger partial charge in [0.25, 0.3) is 0 Å². The van der Waals surface area contributed by atoms with Gasteiger partial charge in [-0.2, -0.15) is 4.98 Å². The molecule has 0 bridgehead atoms. The standard InChI is InChI=1S/C50H74N10O5/c1-4-6-34(2)52-49-51-30-41-42(33-59(47(41)54-49)38-12-14-39(61)15-13-38)37-10-7-35(8-11-37)31-58-26-24-56(25-27-58)21-5-28-65-40-19-22-57(23-20-40)32-36-9-16-43-45(29-36)55(3)50(64)60(43)44-17-18-46(62)53-48(44)63/h9,16,29-30,33-35,37-40,44,61H,4-8,10-15,17-28,31-32H2,1-3H3,(H,51,52,54)(H,53,62,63)/t34-,35?,37?,38?,39?,44?/m0/s1. The Morgan fingerprint density at radius 3 is 2.38 bits per heavy atom. The summed E-state index contributed by atoms with van der Waals surface area (Å²) in [5, 5.41) is 17.4. The summed E-state index contributed by atoms with van der Waals surface area (Å²) in [4.78, 5) is 55.2. The second-order valence-electron chi connectivity index (χ2n) is 20.3. The third-order valence-corrected chi connectivity index (χ3v) is 15.6. The molecule has 2 atom stereocenters. The molecular formula is C50H74N10O5. The van der Waals surface area contributed by atoms with Crippen LogP contribution in [0.3, 0.4) is 0 Å². The molecule has 15 heteroatoms.